The maximum atomic E-state index is 11.3. The van der Waals surface area contributed by atoms with E-state index in [2.05, 4.69) is 15.0 Å². The molecule has 0 amide bonds. The number of rotatable bonds is 2. The monoisotopic (exact) mass is 251 g/mol. The topological polar surface area (TPSA) is 76.0 Å². The van der Waals surface area contributed by atoms with Gasteiger partial charge in [-0.1, -0.05) is 18.2 Å². The van der Waals surface area contributed by atoms with Crippen LogP contribution in [-0.2, 0) is 0 Å². The fourth-order valence-corrected chi connectivity index (χ4v) is 1.93. The van der Waals surface area contributed by atoms with Gasteiger partial charge in [-0.2, -0.15) is 0 Å². The number of aromatic carboxylic acids is 1. The zero-order valence-corrected chi connectivity index (χ0v) is 9.82. The van der Waals surface area contributed by atoms with E-state index < -0.39 is 5.97 Å². The minimum absolute atomic E-state index is 0.226. The van der Waals surface area contributed by atoms with Gasteiger partial charge < -0.3 is 5.11 Å². The molecule has 0 unspecified atom stereocenters. The molecule has 3 rings (SSSR count). The van der Waals surface area contributed by atoms with Gasteiger partial charge in [0.1, 0.15) is 6.33 Å². The van der Waals surface area contributed by atoms with Crippen molar-refractivity contribution in [3.8, 4) is 11.3 Å². The SMILES string of the molecule is O=C(O)c1cc(-c2cncnc2)nc2ccccc12. The number of hydrogen-bond donors (Lipinski definition) is 1. The number of carboxylic acids is 1. The second kappa shape index (κ2) is 4.45. The summed E-state index contributed by atoms with van der Waals surface area (Å²) in [7, 11) is 0. The van der Waals surface area contributed by atoms with Gasteiger partial charge in [0.05, 0.1) is 16.8 Å². The van der Waals surface area contributed by atoms with Crippen molar-refractivity contribution in [2.75, 3.05) is 0 Å². The van der Waals surface area contributed by atoms with E-state index in [9.17, 15) is 9.90 Å². The lowest BCUT2D eigenvalue weighted by molar-refractivity contribution is 0.0699. The highest BCUT2D eigenvalue weighted by atomic mass is 16.4. The molecule has 5 heteroatoms. The molecular weight excluding hydrogens is 242 g/mol. The van der Waals surface area contributed by atoms with E-state index in [0.717, 1.165) is 0 Å². The number of benzene rings is 1. The molecule has 0 aliphatic heterocycles. The zero-order chi connectivity index (χ0) is 13.2. The second-order valence-electron chi connectivity index (χ2n) is 4.00. The lowest BCUT2D eigenvalue weighted by Gasteiger charge is -2.06. The van der Waals surface area contributed by atoms with Crippen molar-refractivity contribution in [1.29, 1.82) is 0 Å². The van der Waals surface area contributed by atoms with Gasteiger partial charge in [0.25, 0.3) is 0 Å². The average molecular weight is 251 g/mol. The lowest BCUT2D eigenvalue weighted by Crippen LogP contribution is -2.00. The van der Waals surface area contributed by atoms with Crippen molar-refractivity contribution in [3.05, 3.63) is 54.6 Å². The molecule has 0 bridgehead atoms. The molecule has 19 heavy (non-hydrogen) atoms. The molecule has 0 aliphatic carbocycles. The van der Waals surface area contributed by atoms with Crippen LogP contribution in [-0.4, -0.2) is 26.0 Å². The smallest absolute Gasteiger partial charge is 0.336 e. The van der Waals surface area contributed by atoms with Crippen LogP contribution >= 0.6 is 0 Å². The molecule has 0 radical (unpaired) electrons. The molecule has 0 atom stereocenters. The van der Waals surface area contributed by atoms with Crippen LogP contribution in [0.25, 0.3) is 22.2 Å². The molecule has 2 heterocycles. The summed E-state index contributed by atoms with van der Waals surface area (Å²) in [4.78, 5) is 23.6. The van der Waals surface area contributed by atoms with Crippen LogP contribution in [0.5, 0.6) is 0 Å². The summed E-state index contributed by atoms with van der Waals surface area (Å²) in [5.74, 6) is -0.975. The third-order valence-electron chi connectivity index (χ3n) is 2.80. The van der Waals surface area contributed by atoms with Crippen molar-refractivity contribution in [2.45, 2.75) is 0 Å². The Morgan fingerprint density at radius 3 is 2.58 bits per heavy atom. The lowest BCUT2D eigenvalue weighted by atomic mass is 10.1. The Morgan fingerprint density at radius 1 is 1.11 bits per heavy atom. The van der Waals surface area contributed by atoms with Crippen LogP contribution < -0.4 is 0 Å². The number of pyridine rings is 1. The first-order valence-corrected chi connectivity index (χ1v) is 5.64. The van der Waals surface area contributed by atoms with E-state index in [-0.39, 0.29) is 5.56 Å². The molecule has 0 saturated heterocycles. The number of fused-ring (bicyclic) bond motifs is 1. The van der Waals surface area contributed by atoms with Crippen LogP contribution in [0.2, 0.25) is 0 Å². The molecule has 2 aromatic heterocycles. The van der Waals surface area contributed by atoms with Gasteiger partial charge in [0.15, 0.2) is 0 Å². The Kier molecular flexibility index (Phi) is 2.64. The van der Waals surface area contributed by atoms with Crippen LogP contribution in [0, 0.1) is 0 Å². The van der Waals surface area contributed by atoms with Gasteiger partial charge in [-0.15, -0.1) is 0 Å². The maximum Gasteiger partial charge on any atom is 0.336 e. The Balaban J connectivity index is 2.31. The molecule has 3 aromatic rings. The predicted molar refractivity (Wildman–Crippen MR) is 69.7 cm³/mol. The van der Waals surface area contributed by atoms with E-state index in [0.29, 0.717) is 22.2 Å². The second-order valence-corrected chi connectivity index (χ2v) is 4.00. The fourth-order valence-electron chi connectivity index (χ4n) is 1.93. The van der Waals surface area contributed by atoms with E-state index in [1.54, 1.807) is 36.7 Å². The van der Waals surface area contributed by atoms with E-state index in [4.69, 9.17) is 0 Å². The molecule has 0 spiro atoms. The molecule has 5 nitrogen and oxygen atoms in total. The number of aromatic nitrogens is 3. The summed E-state index contributed by atoms with van der Waals surface area (Å²) in [6, 6.07) is 8.70. The quantitative estimate of drug-likeness (QED) is 0.756. The van der Waals surface area contributed by atoms with Gasteiger partial charge in [-0.3, -0.25) is 0 Å². The first-order valence-electron chi connectivity index (χ1n) is 5.64. The Morgan fingerprint density at radius 2 is 1.84 bits per heavy atom. The molecule has 0 saturated carbocycles. The molecule has 1 aromatic carbocycles. The van der Waals surface area contributed by atoms with Gasteiger partial charge in [-0.05, 0) is 12.1 Å². The van der Waals surface area contributed by atoms with Crippen LogP contribution in [0.1, 0.15) is 10.4 Å². The highest BCUT2D eigenvalue weighted by Crippen LogP contribution is 2.23. The van der Waals surface area contributed by atoms with Crippen molar-refractivity contribution in [2.24, 2.45) is 0 Å². The van der Waals surface area contributed by atoms with E-state index in [1.165, 1.54) is 6.33 Å². The number of hydrogen-bond acceptors (Lipinski definition) is 4. The molecule has 0 fully saturated rings. The molecule has 1 N–H and O–H groups in total. The number of carbonyl (C=O) groups is 1. The third kappa shape index (κ3) is 2.01. The van der Waals surface area contributed by atoms with Crippen molar-refractivity contribution < 1.29 is 9.90 Å². The van der Waals surface area contributed by atoms with Crippen molar-refractivity contribution >= 4 is 16.9 Å². The summed E-state index contributed by atoms with van der Waals surface area (Å²) in [6.07, 6.45) is 4.63. The summed E-state index contributed by atoms with van der Waals surface area (Å²) in [5.41, 5.74) is 2.11. The van der Waals surface area contributed by atoms with Gasteiger partial charge >= 0.3 is 5.97 Å². The van der Waals surface area contributed by atoms with E-state index in [1.807, 2.05) is 6.07 Å². The van der Waals surface area contributed by atoms with Gasteiger partial charge in [0, 0.05) is 23.3 Å². The summed E-state index contributed by atoms with van der Waals surface area (Å²) in [6.45, 7) is 0. The van der Waals surface area contributed by atoms with E-state index >= 15 is 0 Å². The maximum absolute atomic E-state index is 11.3. The first kappa shape index (κ1) is 11.3. The Labute approximate surface area is 108 Å². The van der Waals surface area contributed by atoms with Crippen LogP contribution in [0.15, 0.2) is 49.1 Å². The minimum atomic E-state index is -0.975. The Hall–Kier alpha value is -2.82. The first-order chi connectivity index (χ1) is 9.25. The molecule has 0 aliphatic rings. The summed E-state index contributed by atoms with van der Waals surface area (Å²) in [5, 5.41) is 9.92. The van der Waals surface area contributed by atoms with Crippen LogP contribution in [0.3, 0.4) is 0 Å². The highest BCUT2D eigenvalue weighted by molar-refractivity contribution is 6.03. The van der Waals surface area contributed by atoms with Crippen molar-refractivity contribution in [1.82, 2.24) is 15.0 Å². The predicted octanol–water partition coefficient (Wildman–Crippen LogP) is 2.39. The standard InChI is InChI=1S/C14H9N3O2/c18-14(19)11-5-13(9-6-15-8-16-7-9)17-12-4-2-1-3-10(11)12/h1-8H,(H,18,19). The third-order valence-corrected chi connectivity index (χ3v) is 2.80. The normalized spacial score (nSPS) is 10.5. The average Bonchev–Trinajstić information content (AvgIpc) is 2.47. The fraction of sp³-hybridized carbons (Fsp3) is 0. The minimum Gasteiger partial charge on any atom is -0.478 e. The van der Waals surface area contributed by atoms with Crippen molar-refractivity contribution in [3.63, 3.8) is 0 Å². The number of carboxylic acid groups (broad SMARTS) is 1. The van der Waals surface area contributed by atoms with Crippen LogP contribution in [0.4, 0.5) is 0 Å². The Bertz CT molecular complexity index is 757. The molecule has 92 valence electrons. The highest BCUT2D eigenvalue weighted by Gasteiger charge is 2.12. The number of para-hydroxylation sites is 1. The number of nitrogens with zero attached hydrogens (tertiary/aromatic N) is 3. The molecular formula is C14H9N3O2. The summed E-state index contributed by atoms with van der Waals surface area (Å²) < 4.78 is 0. The zero-order valence-electron chi connectivity index (χ0n) is 9.82. The van der Waals surface area contributed by atoms with Gasteiger partial charge in [0.2, 0.25) is 0 Å². The summed E-state index contributed by atoms with van der Waals surface area (Å²) >= 11 is 0. The van der Waals surface area contributed by atoms with Gasteiger partial charge in [-0.25, -0.2) is 19.7 Å². The largest absolute Gasteiger partial charge is 0.478 e.